The summed E-state index contributed by atoms with van der Waals surface area (Å²) in [7, 11) is 0. The largest absolute Gasteiger partial charge is 0.398 e. The van der Waals surface area contributed by atoms with Crippen molar-refractivity contribution in [2.75, 3.05) is 17.2 Å². The summed E-state index contributed by atoms with van der Waals surface area (Å²) in [6.45, 7) is 0.770. The normalized spacial score (nSPS) is 15.9. The van der Waals surface area contributed by atoms with Gasteiger partial charge < -0.3 is 10.6 Å². The smallest absolute Gasteiger partial charge is 0.258 e. The number of nitrogens with zero attached hydrogens (tertiary/aromatic N) is 1. The maximum absolute atomic E-state index is 13.0. The third-order valence-corrected chi connectivity index (χ3v) is 5.13. The zero-order chi connectivity index (χ0) is 15.8. The van der Waals surface area contributed by atoms with Gasteiger partial charge in [0.05, 0.1) is 0 Å². The van der Waals surface area contributed by atoms with Crippen molar-refractivity contribution in [1.82, 2.24) is 0 Å². The fraction of sp³-hybridized carbons (Fsp3) is 0.350. The maximum atomic E-state index is 13.0. The Hall–Kier alpha value is -2.00. The monoisotopic (exact) mass is 342 g/mol. The van der Waals surface area contributed by atoms with Crippen molar-refractivity contribution in [2.45, 2.75) is 38.5 Å². The first-order valence-corrected chi connectivity index (χ1v) is 8.55. The molecule has 0 unspecified atom stereocenters. The van der Waals surface area contributed by atoms with E-state index in [-0.39, 0.29) is 18.3 Å². The number of anilines is 2. The van der Waals surface area contributed by atoms with E-state index in [9.17, 15) is 4.79 Å². The van der Waals surface area contributed by atoms with Crippen LogP contribution in [0.25, 0.3) is 0 Å². The minimum Gasteiger partial charge on any atom is -0.398 e. The van der Waals surface area contributed by atoms with Crippen LogP contribution in [0.2, 0.25) is 0 Å². The van der Waals surface area contributed by atoms with E-state index in [0.29, 0.717) is 0 Å². The Balaban J connectivity index is 0.00000169. The lowest BCUT2D eigenvalue weighted by Gasteiger charge is -2.30. The highest BCUT2D eigenvalue weighted by Gasteiger charge is 2.25. The van der Waals surface area contributed by atoms with Crippen LogP contribution in [-0.4, -0.2) is 12.5 Å². The van der Waals surface area contributed by atoms with Crippen molar-refractivity contribution in [3.63, 3.8) is 0 Å². The molecule has 3 nitrogen and oxygen atoms in total. The van der Waals surface area contributed by atoms with Crippen molar-refractivity contribution >= 4 is 29.7 Å². The fourth-order valence-electron chi connectivity index (χ4n) is 3.88. The second kappa shape index (κ2) is 6.86. The Morgan fingerprint density at radius 1 is 0.958 bits per heavy atom. The molecule has 0 atom stereocenters. The zero-order valence-corrected chi connectivity index (χ0v) is 14.6. The predicted molar refractivity (Wildman–Crippen MR) is 101 cm³/mol. The number of aryl methyl sites for hydroxylation is 2. The van der Waals surface area contributed by atoms with Crippen LogP contribution in [0.15, 0.2) is 36.4 Å². The highest BCUT2D eigenvalue weighted by atomic mass is 35.5. The van der Waals surface area contributed by atoms with E-state index in [2.05, 4.69) is 12.1 Å². The lowest BCUT2D eigenvalue weighted by molar-refractivity contribution is 0.0985. The number of carbonyl (C=O) groups excluding carboxylic acids is 1. The van der Waals surface area contributed by atoms with E-state index in [0.717, 1.165) is 54.7 Å². The van der Waals surface area contributed by atoms with Crippen molar-refractivity contribution in [2.24, 2.45) is 0 Å². The summed E-state index contributed by atoms with van der Waals surface area (Å²) in [5.41, 5.74) is 12.6. The molecular weight excluding hydrogens is 320 g/mol. The van der Waals surface area contributed by atoms with Gasteiger partial charge in [0.25, 0.3) is 5.91 Å². The van der Waals surface area contributed by atoms with Gasteiger partial charge in [-0.3, -0.25) is 4.79 Å². The fourth-order valence-corrected chi connectivity index (χ4v) is 3.88. The van der Waals surface area contributed by atoms with Crippen molar-refractivity contribution in [3.8, 4) is 0 Å². The number of rotatable bonds is 1. The molecule has 2 aromatic carbocycles. The Morgan fingerprint density at radius 3 is 2.58 bits per heavy atom. The van der Waals surface area contributed by atoms with Crippen LogP contribution in [-0.2, 0) is 19.3 Å². The molecule has 126 valence electrons. The molecule has 1 aliphatic carbocycles. The first-order valence-electron chi connectivity index (χ1n) is 8.55. The van der Waals surface area contributed by atoms with Crippen molar-refractivity contribution in [1.29, 1.82) is 0 Å². The standard InChI is InChI=1S/C20H22N2O.ClH/c21-18-8-3-9-19-17(18)7-4-12-22(19)20(23)16-11-10-14-5-1-2-6-15(14)13-16;/h3,8-11,13H,1-2,4-7,12,21H2;1H. The lowest BCUT2D eigenvalue weighted by atomic mass is 9.90. The molecule has 0 spiro atoms. The van der Waals surface area contributed by atoms with E-state index >= 15 is 0 Å². The molecule has 24 heavy (non-hydrogen) atoms. The molecular formula is C20H23ClN2O. The summed E-state index contributed by atoms with van der Waals surface area (Å²) < 4.78 is 0. The van der Waals surface area contributed by atoms with Gasteiger partial charge in [0.1, 0.15) is 0 Å². The third kappa shape index (κ3) is 2.89. The number of benzene rings is 2. The quantitative estimate of drug-likeness (QED) is 0.791. The number of carbonyl (C=O) groups is 1. The molecule has 4 heteroatoms. The molecule has 0 radical (unpaired) electrons. The minimum absolute atomic E-state index is 0. The predicted octanol–water partition coefficient (Wildman–Crippen LogP) is 4.16. The molecule has 2 aromatic rings. The molecule has 0 bridgehead atoms. The van der Waals surface area contributed by atoms with Gasteiger partial charge in [-0.2, -0.15) is 0 Å². The van der Waals surface area contributed by atoms with Crippen molar-refractivity contribution in [3.05, 3.63) is 58.7 Å². The van der Waals surface area contributed by atoms with E-state index in [4.69, 9.17) is 5.73 Å². The number of hydrogen-bond acceptors (Lipinski definition) is 2. The minimum atomic E-state index is 0. The summed E-state index contributed by atoms with van der Waals surface area (Å²) in [6.07, 6.45) is 6.66. The van der Waals surface area contributed by atoms with Gasteiger partial charge in [-0.05, 0) is 79.5 Å². The van der Waals surface area contributed by atoms with Gasteiger partial charge in [-0.1, -0.05) is 12.1 Å². The number of nitrogens with two attached hydrogens (primary N) is 1. The van der Waals surface area contributed by atoms with Gasteiger partial charge in [0.15, 0.2) is 0 Å². The molecule has 0 saturated heterocycles. The van der Waals surface area contributed by atoms with E-state index in [1.807, 2.05) is 29.2 Å². The van der Waals surface area contributed by atoms with E-state index in [1.54, 1.807) is 0 Å². The third-order valence-electron chi connectivity index (χ3n) is 5.13. The molecule has 1 amide bonds. The van der Waals surface area contributed by atoms with Gasteiger partial charge in [-0.25, -0.2) is 0 Å². The Kier molecular flexibility index (Phi) is 4.81. The molecule has 1 aliphatic heterocycles. The molecule has 2 N–H and O–H groups in total. The SMILES string of the molecule is Cl.Nc1cccc2c1CCCN2C(=O)c1ccc2c(c1)CCCC2. The Morgan fingerprint density at radius 2 is 1.75 bits per heavy atom. The number of amides is 1. The Bertz CT molecular complexity index is 772. The average Bonchev–Trinajstić information content (AvgIpc) is 2.61. The van der Waals surface area contributed by atoms with Crippen LogP contribution in [0.5, 0.6) is 0 Å². The van der Waals surface area contributed by atoms with Gasteiger partial charge >= 0.3 is 0 Å². The van der Waals surface area contributed by atoms with Crippen LogP contribution in [0.4, 0.5) is 11.4 Å². The summed E-state index contributed by atoms with van der Waals surface area (Å²) in [5, 5.41) is 0. The van der Waals surface area contributed by atoms with Crippen LogP contribution in [0.1, 0.15) is 46.3 Å². The second-order valence-electron chi connectivity index (χ2n) is 6.60. The highest BCUT2D eigenvalue weighted by molar-refractivity contribution is 6.07. The van der Waals surface area contributed by atoms with Gasteiger partial charge in [0, 0.05) is 23.5 Å². The van der Waals surface area contributed by atoms with E-state index in [1.165, 1.54) is 24.0 Å². The first kappa shape index (κ1) is 16.8. The summed E-state index contributed by atoms with van der Waals surface area (Å²) in [5.74, 6) is 0.102. The molecule has 0 saturated carbocycles. The van der Waals surface area contributed by atoms with Crippen LogP contribution in [0.3, 0.4) is 0 Å². The Labute approximate surface area is 149 Å². The van der Waals surface area contributed by atoms with Crippen LogP contribution < -0.4 is 10.6 Å². The summed E-state index contributed by atoms with van der Waals surface area (Å²) >= 11 is 0. The lowest BCUT2D eigenvalue weighted by Crippen LogP contribution is -2.35. The van der Waals surface area contributed by atoms with Gasteiger partial charge in [0.2, 0.25) is 0 Å². The molecule has 0 fully saturated rings. The zero-order valence-electron chi connectivity index (χ0n) is 13.8. The number of nitrogen functional groups attached to an aromatic ring is 1. The number of hydrogen-bond donors (Lipinski definition) is 1. The molecule has 2 aliphatic rings. The maximum Gasteiger partial charge on any atom is 0.258 e. The summed E-state index contributed by atoms with van der Waals surface area (Å²) in [6, 6.07) is 12.1. The van der Waals surface area contributed by atoms with E-state index < -0.39 is 0 Å². The topological polar surface area (TPSA) is 46.3 Å². The van der Waals surface area contributed by atoms with Crippen LogP contribution >= 0.6 is 12.4 Å². The number of fused-ring (bicyclic) bond motifs is 2. The van der Waals surface area contributed by atoms with Crippen LogP contribution in [0, 0.1) is 0 Å². The summed E-state index contributed by atoms with van der Waals surface area (Å²) in [4.78, 5) is 14.9. The molecule has 1 heterocycles. The highest BCUT2D eigenvalue weighted by Crippen LogP contribution is 2.32. The van der Waals surface area contributed by atoms with Gasteiger partial charge in [-0.15, -0.1) is 12.4 Å². The van der Waals surface area contributed by atoms with Crippen molar-refractivity contribution < 1.29 is 4.79 Å². The molecule has 4 rings (SSSR count). The number of halogens is 1. The first-order chi connectivity index (χ1) is 11.2. The molecule has 0 aromatic heterocycles. The average molecular weight is 343 g/mol. The second-order valence-corrected chi connectivity index (χ2v) is 6.60.